The monoisotopic (exact) mass is 350 g/mol. The number of anilines is 1. The molecule has 1 fully saturated rings. The van der Waals surface area contributed by atoms with Gasteiger partial charge in [-0.2, -0.15) is 0 Å². The van der Waals surface area contributed by atoms with Crippen molar-refractivity contribution < 1.29 is 14.4 Å². The second-order valence-electron chi connectivity index (χ2n) is 5.83. The highest BCUT2D eigenvalue weighted by Crippen LogP contribution is 2.44. The lowest BCUT2D eigenvalue weighted by molar-refractivity contribution is -0.123. The van der Waals surface area contributed by atoms with Crippen molar-refractivity contribution in [2.45, 2.75) is 6.54 Å². The molecule has 4 rings (SSSR count). The summed E-state index contributed by atoms with van der Waals surface area (Å²) in [5.41, 5.74) is 2.63. The molecule has 0 aromatic heterocycles. The van der Waals surface area contributed by atoms with Crippen molar-refractivity contribution in [1.29, 1.82) is 0 Å². The molecule has 0 unspecified atom stereocenters. The third-order valence-electron chi connectivity index (χ3n) is 4.31. The topological polar surface area (TPSA) is 57.7 Å². The zero-order valence-corrected chi connectivity index (χ0v) is 14.2. The number of para-hydroxylation sites is 1. The van der Waals surface area contributed by atoms with Gasteiger partial charge in [0.15, 0.2) is 0 Å². The van der Waals surface area contributed by atoms with E-state index in [-0.39, 0.29) is 22.6 Å². The molecule has 2 aliphatic rings. The summed E-state index contributed by atoms with van der Waals surface area (Å²) in [6.07, 6.45) is 0. The minimum atomic E-state index is -0.410. The molecular formula is C19H14N2O3S. The van der Waals surface area contributed by atoms with E-state index in [0.29, 0.717) is 11.1 Å². The molecular weight excluding hydrogens is 336 g/mol. The first kappa shape index (κ1) is 15.7. The first-order chi connectivity index (χ1) is 12.1. The predicted molar refractivity (Wildman–Crippen MR) is 96.8 cm³/mol. The van der Waals surface area contributed by atoms with Crippen LogP contribution in [0.2, 0.25) is 0 Å². The highest BCUT2D eigenvalue weighted by atomic mass is 32.2. The number of benzene rings is 2. The van der Waals surface area contributed by atoms with Gasteiger partial charge in [0, 0.05) is 12.6 Å². The molecule has 1 saturated heterocycles. The van der Waals surface area contributed by atoms with Crippen LogP contribution in [0, 0.1) is 0 Å². The number of nitrogens with zero attached hydrogens (tertiary/aromatic N) is 2. The molecule has 2 aromatic carbocycles. The molecule has 2 heterocycles. The molecule has 2 aliphatic heterocycles. The molecule has 0 atom stereocenters. The Morgan fingerprint density at radius 1 is 0.880 bits per heavy atom. The maximum absolute atomic E-state index is 12.8. The molecule has 124 valence electrons. The number of likely N-dealkylation sites (N-methyl/N-ethyl adjacent to an activating group) is 1. The van der Waals surface area contributed by atoms with Gasteiger partial charge in [0.05, 0.1) is 22.7 Å². The SMILES string of the molecule is CN1C(=O)/C(=C2\SC(=O)N(Cc3ccccc3)C2=O)c2ccccc21. The number of thioether (sulfide) groups is 1. The third-order valence-corrected chi connectivity index (χ3v) is 5.29. The summed E-state index contributed by atoms with van der Waals surface area (Å²) in [4.78, 5) is 40.7. The number of carbonyl (C=O) groups excluding carboxylic acids is 3. The van der Waals surface area contributed by atoms with Crippen molar-refractivity contribution in [2.24, 2.45) is 0 Å². The van der Waals surface area contributed by atoms with Gasteiger partial charge in [-0.05, 0) is 23.4 Å². The van der Waals surface area contributed by atoms with Gasteiger partial charge >= 0.3 is 0 Å². The van der Waals surface area contributed by atoms with Gasteiger partial charge in [-0.3, -0.25) is 19.3 Å². The van der Waals surface area contributed by atoms with Gasteiger partial charge in [0.25, 0.3) is 17.1 Å². The molecule has 0 bridgehead atoms. The Hall–Kier alpha value is -2.86. The summed E-state index contributed by atoms with van der Waals surface area (Å²) in [5.74, 6) is -0.668. The van der Waals surface area contributed by atoms with E-state index in [2.05, 4.69) is 0 Å². The summed E-state index contributed by atoms with van der Waals surface area (Å²) in [6, 6.07) is 16.6. The molecule has 6 heteroatoms. The van der Waals surface area contributed by atoms with E-state index in [0.717, 1.165) is 23.0 Å². The Bertz CT molecular complexity index is 937. The van der Waals surface area contributed by atoms with E-state index >= 15 is 0 Å². The first-order valence-corrected chi connectivity index (χ1v) is 8.59. The van der Waals surface area contributed by atoms with Crippen LogP contribution in [0.4, 0.5) is 10.5 Å². The van der Waals surface area contributed by atoms with Gasteiger partial charge in [-0.25, -0.2) is 0 Å². The number of fused-ring (bicyclic) bond motifs is 1. The Morgan fingerprint density at radius 2 is 1.56 bits per heavy atom. The fourth-order valence-electron chi connectivity index (χ4n) is 3.04. The van der Waals surface area contributed by atoms with Crippen LogP contribution in [0.25, 0.3) is 5.57 Å². The molecule has 5 nitrogen and oxygen atoms in total. The summed E-state index contributed by atoms with van der Waals surface area (Å²) in [7, 11) is 1.67. The van der Waals surface area contributed by atoms with Crippen LogP contribution in [0.1, 0.15) is 11.1 Å². The first-order valence-electron chi connectivity index (χ1n) is 7.77. The molecule has 0 saturated carbocycles. The second kappa shape index (κ2) is 5.89. The predicted octanol–water partition coefficient (Wildman–Crippen LogP) is 3.27. The largest absolute Gasteiger partial charge is 0.311 e. The highest BCUT2D eigenvalue weighted by molar-refractivity contribution is 8.18. The lowest BCUT2D eigenvalue weighted by Crippen LogP contribution is -2.28. The van der Waals surface area contributed by atoms with Crippen LogP contribution >= 0.6 is 11.8 Å². The normalized spacial score (nSPS) is 19.8. The highest BCUT2D eigenvalue weighted by Gasteiger charge is 2.42. The minimum Gasteiger partial charge on any atom is -0.311 e. The zero-order valence-electron chi connectivity index (χ0n) is 13.4. The Morgan fingerprint density at radius 3 is 2.32 bits per heavy atom. The smallest absolute Gasteiger partial charge is 0.293 e. The number of rotatable bonds is 2. The van der Waals surface area contributed by atoms with Crippen LogP contribution in [0.5, 0.6) is 0 Å². The average molecular weight is 350 g/mol. The van der Waals surface area contributed by atoms with Gasteiger partial charge in [0.2, 0.25) is 0 Å². The lowest BCUT2D eigenvalue weighted by atomic mass is 10.1. The van der Waals surface area contributed by atoms with Crippen molar-refractivity contribution in [3.8, 4) is 0 Å². The fraction of sp³-hybridized carbons (Fsp3) is 0.105. The van der Waals surface area contributed by atoms with E-state index in [1.807, 2.05) is 48.5 Å². The Balaban J connectivity index is 1.75. The van der Waals surface area contributed by atoms with Crippen molar-refractivity contribution in [3.63, 3.8) is 0 Å². The number of hydrogen-bond donors (Lipinski definition) is 0. The molecule has 2 aromatic rings. The Kier molecular flexibility index (Phi) is 3.69. The standard InChI is InChI=1S/C19H14N2O3S/c1-20-14-10-6-5-9-13(14)15(17(20)22)16-18(23)21(19(24)25-16)11-12-7-3-2-4-8-12/h2-10H,11H2,1H3/b16-15-. The van der Waals surface area contributed by atoms with E-state index in [1.54, 1.807) is 13.1 Å². The maximum Gasteiger partial charge on any atom is 0.293 e. The summed E-state index contributed by atoms with van der Waals surface area (Å²) in [5, 5.41) is -0.351. The lowest BCUT2D eigenvalue weighted by Gasteiger charge is -2.12. The van der Waals surface area contributed by atoms with Crippen molar-refractivity contribution >= 4 is 40.1 Å². The van der Waals surface area contributed by atoms with Gasteiger partial charge < -0.3 is 4.90 Å². The fourth-order valence-corrected chi connectivity index (χ4v) is 3.97. The van der Waals surface area contributed by atoms with Crippen molar-refractivity contribution in [1.82, 2.24) is 4.90 Å². The van der Waals surface area contributed by atoms with Crippen molar-refractivity contribution in [2.75, 3.05) is 11.9 Å². The summed E-state index contributed by atoms with van der Waals surface area (Å²) >= 11 is 0.837. The minimum absolute atomic E-state index is 0.202. The van der Waals surface area contributed by atoms with E-state index in [4.69, 9.17) is 0 Å². The van der Waals surface area contributed by atoms with Crippen LogP contribution in [-0.2, 0) is 16.1 Å². The van der Waals surface area contributed by atoms with Crippen molar-refractivity contribution in [3.05, 3.63) is 70.6 Å². The van der Waals surface area contributed by atoms with Gasteiger partial charge in [-0.15, -0.1) is 0 Å². The number of imide groups is 1. The van der Waals surface area contributed by atoms with Crippen LogP contribution in [0.3, 0.4) is 0 Å². The summed E-state index contributed by atoms with van der Waals surface area (Å²) < 4.78 is 0. The second-order valence-corrected chi connectivity index (χ2v) is 6.79. The van der Waals surface area contributed by atoms with Crippen LogP contribution in [-0.4, -0.2) is 29.0 Å². The molecule has 3 amide bonds. The molecule has 0 aliphatic carbocycles. The van der Waals surface area contributed by atoms with E-state index < -0.39 is 5.91 Å². The zero-order chi connectivity index (χ0) is 17.6. The quantitative estimate of drug-likeness (QED) is 0.780. The Labute approximate surface area is 148 Å². The summed E-state index contributed by atoms with van der Waals surface area (Å²) in [6.45, 7) is 0.202. The third kappa shape index (κ3) is 2.46. The van der Waals surface area contributed by atoms with E-state index in [9.17, 15) is 14.4 Å². The van der Waals surface area contributed by atoms with E-state index in [1.165, 1.54) is 9.80 Å². The van der Waals surface area contributed by atoms with Crippen LogP contribution in [0.15, 0.2) is 59.5 Å². The number of amides is 3. The average Bonchev–Trinajstić information content (AvgIpc) is 3.04. The molecule has 25 heavy (non-hydrogen) atoms. The van der Waals surface area contributed by atoms with Gasteiger partial charge in [-0.1, -0.05) is 48.5 Å². The molecule has 0 spiro atoms. The number of carbonyl (C=O) groups is 3. The van der Waals surface area contributed by atoms with Crippen LogP contribution < -0.4 is 4.90 Å². The van der Waals surface area contributed by atoms with Gasteiger partial charge in [0.1, 0.15) is 0 Å². The molecule has 0 N–H and O–H groups in total. The number of hydrogen-bond acceptors (Lipinski definition) is 4. The molecule has 0 radical (unpaired) electrons. The maximum atomic E-state index is 12.8.